The second kappa shape index (κ2) is 7.64. The Morgan fingerprint density at radius 3 is 2.57 bits per heavy atom. The van der Waals surface area contributed by atoms with Crippen LogP contribution >= 0.6 is 34.8 Å². The van der Waals surface area contributed by atoms with Crippen molar-refractivity contribution < 1.29 is 14.3 Å². The third kappa shape index (κ3) is 4.82. The summed E-state index contributed by atoms with van der Waals surface area (Å²) in [6.07, 6.45) is 0. The highest BCUT2D eigenvalue weighted by atomic mass is 35.5. The number of carbonyl (C=O) groups is 2. The maximum Gasteiger partial charge on any atom is 0.359 e. The van der Waals surface area contributed by atoms with Crippen LogP contribution in [-0.4, -0.2) is 23.5 Å². The summed E-state index contributed by atoms with van der Waals surface area (Å²) in [7, 11) is 0. The van der Waals surface area contributed by atoms with Gasteiger partial charge in [-0.3, -0.25) is 4.79 Å². The molecule has 120 valence electrons. The number of nitrogens with zero attached hydrogens (tertiary/aromatic N) is 1. The standard InChI is InChI=1S/C15H11Cl3N2O3/c1-8-2-4-11(10(17)6-8)19-13(21)7-23-15(22)14-9(16)3-5-12(18)20-14/h2-6H,7H2,1H3,(H,19,21). The minimum Gasteiger partial charge on any atom is -0.451 e. The molecule has 2 rings (SSSR count). The molecule has 0 aliphatic rings. The van der Waals surface area contributed by atoms with E-state index in [0.717, 1.165) is 5.56 Å². The number of rotatable bonds is 4. The highest BCUT2D eigenvalue weighted by molar-refractivity contribution is 6.34. The van der Waals surface area contributed by atoms with Crippen LogP contribution in [0.3, 0.4) is 0 Å². The van der Waals surface area contributed by atoms with Gasteiger partial charge in [0.1, 0.15) is 5.15 Å². The fourth-order valence-corrected chi connectivity index (χ4v) is 2.28. The van der Waals surface area contributed by atoms with E-state index in [1.165, 1.54) is 12.1 Å². The van der Waals surface area contributed by atoms with Crippen molar-refractivity contribution in [2.75, 3.05) is 11.9 Å². The molecule has 1 aromatic carbocycles. The molecule has 1 N–H and O–H groups in total. The lowest BCUT2D eigenvalue weighted by molar-refractivity contribution is -0.119. The number of aromatic nitrogens is 1. The SMILES string of the molecule is Cc1ccc(NC(=O)COC(=O)c2nc(Cl)ccc2Cl)c(Cl)c1. The normalized spacial score (nSPS) is 10.3. The number of ether oxygens (including phenoxy) is 1. The quantitative estimate of drug-likeness (QED) is 0.646. The molecule has 0 aliphatic carbocycles. The van der Waals surface area contributed by atoms with Crippen molar-refractivity contribution in [1.29, 1.82) is 0 Å². The van der Waals surface area contributed by atoms with Gasteiger partial charge in [0, 0.05) is 0 Å². The molecule has 0 atom stereocenters. The van der Waals surface area contributed by atoms with Crippen LogP contribution in [0.15, 0.2) is 30.3 Å². The van der Waals surface area contributed by atoms with E-state index in [-0.39, 0.29) is 15.9 Å². The first-order chi connectivity index (χ1) is 10.9. The largest absolute Gasteiger partial charge is 0.451 e. The van der Waals surface area contributed by atoms with Crippen LogP contribution in [0, 0.1) is 6.92 Å². The number of hydrogen-bond donors (Lipinski definition) is 1. The minimum absolute atomic E-state index is 0.0846. The zero-order chi connectivity index (χ0) is 17.0. The van der Waals surface area contributed by atoms with E-state index in [4.69, 9.17) is 39.5 Å². The average molecular weight is 374 g/mol. The lowest BCUT2D eigenvalue weighted by Crippen LogP contribution is -2.21. The van der Waals surface area contributed by atoms with Gasteiger partial charge in [0.15, 0.2) is 12.3 Å². The number of nitrogens with one attached hydrogen (secondary N) is 1. The summed E-state index contributed by atoms with van der Waals surface area (Å²) in [5.41, 5.74) is 1.23. The van der Waals surface area contributed by atoms with Crippen molar-refractivity contribution in [3.63, 3.8) is 0 Å². The zero-order valence-corrected chi connectivity index (χ0v) is 14.2. The van der Waals surface area contributed by atoms with Crippen molar-refractivity contribution >= 4 is 52.4 Å². The molecule has 1 amide bonds. The van der Waals surface area contributed by atoms with Crippen molar-refractivity contribution in [2.45, 2.75) is 6.92 Å². The van der Waals surface area contributed by atoms with Gasteiger partial charge in [0.25, 0.3) is 5.91 Å². The summed E-state index contributed by atoms with van der Waals surface area (Å²) < 4.78 is 4.86. The average Bonchev–Trinajstić information content (AvgIpc) is 2.50. The topological polar surface area (TPSA) is 68.3 Å². The Kier molecular flexibility index (Phi) is 5.82. The second-order valence-electron chi connectivity index (χ2n) is 4.57. The monoisotopic (exact) mass is 372 g/mol. The van der Waals surface area contributed by atoms with E-state index in [9.17, 15) is 9.59 Å². The molecule has 2 aromatic rings. The van der Waals surface area contributed by atoms with Gasteiger partial charge in [-0.15, -0.1) is 0 Å². The van der Waals surface area contributed by atoms with Gasteiger partial charge in [-0.1, -0.05) is 40.9 Å². The molecular weight excluding hydrogens is 363 g/mol. The van der Waals surface area contributed by atoms with Crippen molar-refractivity contribution in [1.82, 2.24) is 4.98 Å². The molecule has 1 heterocycles. The molecular formula is C15H11Cl3N2O3. The minimum atomic E-state index is -0.845. The first kappa shape index (κ1) is 17.5. The maximum atomic E-state index is 11.9. The molecule has 8 heteroatoms. The van der Waals surface area contributed by atoms with Crippen LogP contribution in [-0.2, 0) is 9.53 Å². The maximum absolute atomic E-state index is 11.9. The first-order valence-electron chi connectivity index (χ1n) is 6.42. The van der Waals surface area contributed by atoms with Gasteiger partial charge in [0.05, 0.1) is 15.7 Å². The van der Waals surface area contributed by atoms with Gasteiger partial charge in [-0.2, -0.15) is 0 Å². The Bertz CT molecular complexity index is 766. The summed E-state index contributed by atoms with van der Waals surface area (Å²) >= 11 is 17.5. The van der Waals surface area contributed by atoms with Crippen LogP contribution in [0.4, 0.5) is 5.69 Å². The van der Waals surface area contributed by atoms with E-state index < -0.39 is 18.5 Å². The Balaban J connectivity index is 1.96. The highest BCUT2D eigenvalue weighted by Gasteiger charge is 2.16. The Labute approximate surface area is 147 Å². The van der Waals surface area contributed by atoms with Gasteiger partial charge in [0.2, 0.25) is 0 Å². The fraction of sp³-hybridized carbons (Fsp3) is 0.133. The number of halogens is 3. The van der Waals surface area contributed by atoms with Gasteiger partial charge in [-0.25, -0.2) is 9.78 Å². The summed E-state index contributed by atoms with van der Waals surface area (Å²) in [4.78, 5) is 27.4. The van der Waals surface area contributed by atoms with Gasteiger partial charge in [-0.05, 0) is 36.8 Å². The van der Waals surface area contributed by atoms with Crippen LogP contribution in [0.5, 0.6) is 0 Å². The Hall–Kier alpha value is -1.82. The molecule has 0 fully saturated rings. The predicted molar refractivity (Wildman–Crippen MR) is 89.4 cm³/mol. The summed E-state index contributed by atoms with van der Waals surface area (Å²) in [5, 5.41) is 3.11. The number of pyridine rings is 1. The molecule has 0 saturated heterocycles. The molecule has 0 spiro atoms. The van der Waals surface area contributed by atoms with E-state index in [0.29, 0.717) is 10.7 Å². The van der Waals surface area contributed by atoms with E-state index in [1.54, 1.807) is 18.2 Å². The third-order valence-electron chi connectivity index (χ3n) is 2.74. The highest BCUT2D eigenvalue weighted by Crippen LogP contribution is 2.22. The zero-order valence-electron chi connectivity index (χ0n) is 11.9. The molecule has 23 heavy (non-hydrogen) atoms. The van der Waals surface area contributed by atoms with E-state index in [2.05, 4.69) is 10.3 Å². The third-order valence-corrected chi connectivity index (χ3v) is 3.57. The number of carbonyl (C=O) groups excluding carboxylic acids is 2. The predicted octanol–water partition coefficient (Wildman–Crippen LogP) is 4.15. The number of anilines is 1. The number of aryl methyl sites for hydroxylation is 1. The van der Waals surface area contributed by atoms with Crippen LogP contribution < -0.4 is 5.32 Å². The molecule has 5 nitrogen and oxygen atoms in total. The molecule has 0 bridgehead atoms. The number of benzene rings is 1. The molecule has 0 unspecified atom stereocenters. The molecule has 1 aromatic heterocycles. The summed E-state index contributed by atoms with van der Waals surface area (Å²) in [5.74, 6) is -1.38. The number of amides is 1. The van der Waals surface area contributed by atoms with Gasteiger partial charge < -0.3 is 10.1 Å². The number of esters is 1. The van der Waals surface area contributed by atoms with Crippen LogP contribution in [0.25, 0.3) is 0 Å². The Morgan fingerprint density at radius 2 is 1.87 bits per heavy atom. The molecule has 0 aliphatic heterocycles. The molecule has 0 saturated carbocycles. The van der Waals surface area contributed by atoms with Gasteiger partial charge >= 0.3 is 5.97 Å². The summed E-state index contributed by atoms with van der Waals surface area (Å²) in [6, 6.07) is 8.02. The smallest absolute Gasteiger partial charge is 0.359 e. The van der Waals surface area contributed by atoms with Crippen LogP contribution in [0.2, 0.25) is 15.2 Å². The number of hydrogen-bond acceptors (Lipinski definition) is 4. The van der Waals surface area contributed by atoms with E-state index in [1.807, 2.05) is 6.92 Å². The van der Waals surface area contributed by atoms with Crippen LogP contribution in [0.1, 0.15) is 16.1 Å². The second-order valence-corrected chi connectivity index (χ2v) is 5.77. The van der Waals surface area contributed by atoms with Crippen molar-refractivity contribution in [3.8, 4) is 0 Å². The Morgan fingerprint density at radius 1 is 1.13 bits per heavy atom. The van der Waals surface area contributed by atoms with Crippen molar-refractivity contribution in [2.24, 2.45) is 0 Å². The van der Waals surface area contributed by atoms with Crippen molar-refractivity contribution in [3.05, 3.63) is 56.8 Å². The molecule has 0 radical (unpaired) electrons. The lowest BCUT2D eigenvalue weighted by Gasteiger charge is -2.09. The van der Waals surface area contributed by atoms with E-state index >= 15 is 0 Å². The fourth-order valence-electron chi connectivity index (χ4n) is 1.67. The lowest BCUT2D eigenvalue weighted by atomic mass is 10.2. The summed E-state index contributed by atoms with van der Waals surface area (Å²) in [6.45, 7) is 1.37. The first-order valence-corrected chi connectivity index (χ1v) is 7.55.